The molecule has 0 aliphatic heterocycles. The van der Waals surface area contributed by atoms with Gasteiger partial charge in [-0.2, -0.15) is 0 Å². The van der Waals surface area contributed by atoms with Crippen LogP contribution in [0.1, 0.15) is 13.8 Å². The smallest absolute Gasteiger partial charge is 0.299 e. The summed E-state index contributed by atoms with van der Waals surface area (Å²) in [5.41, 5.74) is -1.06. The van der Waals surface area contributed by atoms with Crippen molar-refractivity contribution in [3.63, 3.8) is 0 Å². The summed E-state index contributed by atoms with van der Waals surface area (Å²) in [6.45, 7) is 4.51. The van der Waals surface area contributed by atoms with Gasteiger partial charge in [0.15, 0.2) is 0 Å². The van der Waals surface area contributed by atoms with Crippen LogP contribution < -0.4 is 11.2 Å². The van der Waals surface area contributed by atoms with Gasteiger partial charge in [-0.1, -0.05) is 41.4 Å². The van der Waals surface area contributed by atoms with Crippen LogP contribution >= 0.6 is 27.5 Å². The normalized spacial score (nSPS) is 11.7. The van der Waals surface area contributed by atoms with Crippen LogP contribution in [0.2, 0.25) is 5.02 Å². The third kappa shape index (κ3) is 3.21. The molecule has 1 N–H and O–H groups in total. The molecule has 0 bridgehead atoms. The third-order valence-corrected chi connectivity index (χ3v) is 3.71. The molecule has 0 saturated carbocycles. The molecule has 0 atom stereocenters. The highest BCUT2D eigenvalue weighted by Crippen LogP contribution is 2.19. The predicted molar refractivity (Wildman–Crippen MR) is 63.9 cm³/mol. The fourth-order valence-corrected chi connectivity index (χ4v) is 1.45. The lowest BCUT2D eigenvalue weighted by Gasteiger charge is -2.22. The van der Waals surface area contributed by atoms with Gasteiger partial charge in [0.25, 0.3) is 5.56 Å². The van der Waals surface area contributed by atoms with Gasteiger partial charge >= 0.3 is 5.69 Å². The van der Waals surface area contributed by atoms with E-state index in [-0.39, 0.29) is 10.4 Å². The Bertz CT molecular complexity index is 464. The second kappa shape index (κ2) is 4.53. The molecule has 1 aromatic rings. The fraction of sp³-hybridized carbons (Fsp3) is 0.556. The highest BCUT2D eigenvalue weighted by atomic mass is 79.9. The average Bonchev–Trinajstić information content (AvgIpc) is 2.14. The number of hydrogen-bond donors (Lipinski definition) is 1. The number of rotatable bonds is 3. The second-order valence-electron chi connectivity index (χ2n) is 4.16. The SMILES string of the molecule is CC(C)(CBr)Cn1cc(Cl)c(=O)[nH]c1=O. The van der Waals surface area contributed by atoms with Gasteiger partial charge in [0.1, 0.15) is 5.02 Å². The Hall–Kier alpha value is -0.550. The molecule has 6 heteroatoms. The molecule has 0 radical (unpaired) electrons. The van der Waals surface area contributed by atoms with Crippen LogP contribution in [0.15, 0.2) is 15.8 Å². The van der Waals surface area contributed by atoms with Crippen molar-refractivity contribution < 1.29 is 0 Å². The minimum atomic E-state index is -0.547. The van der Waals surface area contributed by atoms with E-state index in [1.54, 1.807) is 0 Å². The largest absolute Gasteiger partial charge is 0.328 e. The lowest BCUT2D eigenvalue weighted by molar-refractivity contribution is 0.345. The highest BCUT2D eigenvalue weighted by Gasteiger charge is 2.18. The predicted octanol–water partition coefficient (Wildman–Crippen LogP) is 1.61. The van der Waals surface area contributed by atoms with Gasteiger partial charge in [0.05, 0.1) is 0 Å². The number of aromatic nitrogens is 2. The summed E-state index contributed by atoms with van der Waals surface area (Å²) >= 11 is 9.01. The molecule has 0 aliphatic carbocycles. The van der Waals surface area contributed by atoms with Crippen LogP contribution in [0.3, 0.4) is 0 Å². The molecule has 0 spiro atoms. The van der Waals surface area contributed by atoms with Gasteiger partial charge in [0, 0.05) is 18.1 Å². The Kier molecular flexibility index (Phi) is 3.78. The molecule has 4 nitrogen and oxygen atoms in total. The second-order valence-corrected chi connectivity index (χ2v) is 5.13. The first-order valence-electron chi connectivity index (χ1n) is 4.41. The average molecular weight is 296 g/mol. The zero-order chi connectivity index (χ0) is 11.6. The number of aromatic amines is 1. The lowest BCUT2D eigenvalue weighted by atomic mass is 9.97. The van der Waals surface area contributed by atoms with E-state index in [0.717, 1.165) is 5.33 Å². The van der Waals surface area contributed by atoms with Crippen LogP contribution in [-0.2, 0) is 6.54 Å². The maximum absolute atomic E-state index is 11.4. The molecule has 0 saturated heterocycles. The van der Waals surface area contributed by atoms with Crippen LogP contribution in [0.25, 0.3) is 0 Å². The van der Waals surface area contributed by atoms with Crippen molar-refractivity contribution in [3.05, 3.63) is 32.1 Å². The van der Waals surface area contributed by atoms with E-state index in [1.807, 2.05) is 13.8 Å². The summed E-state index contributed by atoms with van der Waals surface area (Å²) < 4.78 is 1.41. The Labute approximate surface area is 100 Å². The Morgan fingerprint density at radius 1 is 1.53 bits per heavy atom. The quantitative estimate of drug-likeness (QED) is 0.861. The topological polar surface area (TPSA) is 54.9 Å². The van der Waals surface area contributed by atoms with Crippen molar-refractivity contribution in [3.8, 4) is 0 Å². The molecule has 1 aromatic heterocycles. The van der Waals surface area contributed by atoms with Crippen molar-refractivity contribution in [1.29, 1.82) is 0 Å². The van der Waals surface area contributed by atoms with Gasteiger partial charge in [-0.05, 0) is 5.41 Å². The molecular weight excluding hydrogens is 283 g/mol. The Morgan fingerprint density at radius 3 is 2.67 bits per heavy atom. The van der Waals surface area contributed by atoms with Crippen LogP contribution in [0.4, 0.5) is 0 Å². The minimum absolute atomic E-state index is 0.0278. The van der Waals surface area contributed by atoms with Crippen LogP contribution in [-0.4, -0.2) is 14.9 Å². The van der Waals surface area contributed by atoms with E-state index >= 15 is 0 Å². The molecule has 15 heavy (non-hydrogen) atoms. The fourth-order valence-electron chi connectivity index (χ4n) is 1.10. The maximum Gasteiger partial charge on any atom is 0.328 e. The zero-order valence-corrected chi connectivity index (χ0v) is 10.9. The summed E-state index contributed by atoms with van der Waals surface area (Å²) in [6, 6.07) is 0. The van der Waals surface area contributed by atoms with E-state index in [0.29, 0.717) is 6.54 Å². The molecule has 84 valence electrons. The first-order valence-corrected chi connectivity index (χ1v) is 5.91. The molecule has 0 fully saturated rings. The van der Waals surface area contributed by atoms with Gasteiger partial charge in [0.2, 0.25) is 0 Å². The van der Waals surface area contributed by atoms with Crippen LogP contribution in [0, 0.1) is 5.41 Å². The van der Waals surface area contributed by atoms with Crippen LogP contribution in [0.5, 0.6) is 0 Å². The third-order valence-electron chi connectivity index (χ3n) is 1.93. The van der Waals surface area contributed by atoms with E-state index < -0.39 is 11.2 Å². The summed E-state index contributed by atoms with van der Waals surface area (Å²) in [5.74, 6) is 0. The molecule has 1 heterocycles. The highest BCUT2D eigenvalue weighted by molar-refractivity contribution is 9.09. The standard InChI is InChI=1S/C9H12BrClN2O2/c1-9(2,4-10)5-13-3-6(11)7(14)12-8(13)15/h3H,4-5H2,1-2H3,(H,12,14,15). The van der Waals surface area contributed by atoms with Gasteiger partial charge in [-0.25, -0.2) is 4.79 Å². The van der Waals surface area contributed by atoms with Crippen molar-refractivity contribution in [2.24, 2.45) is 5.41 Å². The molecule has 0 aliphatic rings. The number of nitrogens with zero attached hydrogens (tertiary/aromatic N) is 1. The number of halogens is 2. The maximum atomic E-state index is 11.4. The van der Waals surface area contributed by atoms with Crippen molar-refractivity contribution in [2.45, 2.75) is 20.4 Å². The molecular formula is C9H12BrClN2O2. The molecule has 1 rings (SSSR count). The number of nitrogens with one attached hydrogen (secondary N) is 1. The summed E-state index contributed by atoms with van der Waals surface area (Å²) in [4.78, 5) is 24.6. The first kappa shape index (κ1) is 12.5. The number of alkyl halides is 1. The summed E-state index contributed by atoms with van der Waals surface area (Å²) in [6.07, 6.45) is 1.37. The Morgan fingerprint density at radius 2 is 2.13 bits per heavy atom. The van der Waals surface area contributed by atoms with E-state index in [9.17, 15) is 9.59 Å². The summed E-state index contributed by atoms with van der Waals surface area (Å²) in [7, 11) is 0. The van der Waals surface area contributed by atoms with Gasteiger partial charge in [-0.3, -0.25) is 14.3 Å². The van der Waals surface area contributed by atoms with Crippen molar-refractivity contribution >= 4 is 27.5 Å². The lowest BCUT2D eigenvalue weighted by Crippen LogP contribution is -2.34. The molecule has 0 unspecified atom stereocenters. The zero-order valence-electron chi connectivity index (χ0n) is 8.51. The van der Waals surface area contributed by atoms with Gasteiger partial charge in [-0.15, -0.1) is 0 Å². The molecule has 0 aromatic carbocycles. The van der Waals surface area contributed by atoms with E-state index in [4.69, 9.17) is 11.6 Å². The minimum Gasteiger partial charge on any atom is -0.299 e. The Balaban J connectivity index is 3.12. The monoisotopic (exact) mass is 294 g/mol. The van der Waals surface area contributed by atoms with E-state index in [2.05, 4.69) is 20.9 Å². The number of hydrogen-bond acceptors (Lipinski definition) is 2. The van der Waals surface area contributed by atoms with Crippen molar-refractivity contribution in [2.75, 3.05) is 5.33 Å². The van der Waals surface area contributed by atoms with Gasteiger partial charge < -0.3 is 0 Å². The molecule has 0 amide bonds. The number of H-pyrrole nitrogens is 1. The van der Waals surface area contributed by atoms with E-state index in [1.165, 1.54) is 10.8 Å². The first-order chi connectivity index (χ1) is 6.85. The van der Waals surface area contributed by atoms with Crippen molar-refractivity contribution in [1.82, 2.24) is 9.55 Å². The summed E-state index contributed by atoms with van der Waals surface area (Å²) in [5, 5.41) is 0.781.